The molecule has 1 aliphatic carbocycles. The van der Waals surface area contributed by atoms with Gasteiger partial charge in [-0.3, -0.25) is 0 Å². The number of rotatable bonds is 10. The molecule has 1 unspecified atom stereocenters. The third-order valence-corrected chi connectivity index (χ3v) is 6.06. The van der Waals surface area contributed by atoms with Crippen LogP contribution in [-0.4, -0.2) is 23.5 Å². The van der Waals surface area contributed by atoms with E-state index in [1.54, 1.807) is 11.1 Å². The average Bonchev–Trinajstić information content (AvgIpc) is 2.42. The molecule has 0 saturated heterocycles. The highest BCUT2D eigenvalue weighted by Gasteiger charge is 2.14. The third kappa shape index (κ3) is 7.70. The molecular formula is C17H32S2. The lowest BCUT2D eigenvalue weighted by molar-refractivity contribution is 0.519. The minimum Gasteiger partial charge on any atom is -0.165 e. The van der Waals surface area contributed by atoms with Crippen molar-refractivity contribution >= 4 is 23.5 Å². The maximum absolute atomic E-state index is 2.45. The summed E-state index contributed by atoms with van der Waals surface area (Å²) in [5.74, 6) is 4.92. The minimum atomic E-state index is 0.849. The van der Waals surface area contributed by atoms with Gasteiger partial charge in [0.25, 0.3) is 0 Å². The fourth-order valence-electron chi connectivity index (χ4n) is 2.98. The number of hydrogen-bond donors (Lipinski definition) is 0. The molecule has 0 heterocycles. The van der Waals surface area contributed by atoms with Gasteiger partial charge in [-0.2, -0.15) is 23.5 Å². The first-order chi connectivity index (χ1) is 9.25. The monoisotopic (exact) mass is 300 g/mol. The Bertz CT molecular complexity index is 258. The van der Waals surface area contributed by atoms with Crippen LogP contribution in [0.2, 0.25) is 0 Å². The summed E-state index contributed by atoms with van der Waals surface area (Å²) in [7, 11) is 0. The summed E-state index contributed by atoms with van der Waals surface area (Å²) in [6.45, 7) is 4.82. The Kier molecular flexibility index (Phi) is 10.3. The van der Waals surface area contributed by atoms with E-state index in [0.717, 1.165) is 5.92 Å². The number of thioether (sulfide) groups is 2. The minimum absolute atomic E-state index is 0.849. The third-order valence-electron chi connectivity index (χ3n) is 4.20. The van der Waals surface area contributed by atoms with Gasteiger partial charge < -0.3 is 0 Å². The summed E-state index contributed by atoms with van der Waals surface area (Å²) in [5.41, 5.74) is 3.52. The molecule has 0 bridgehead atoms. The molecule has 0 aliphatic heterocycles. The molecule has 2 heteroatoms. The quantitative estimate of drug-likeness (QED) is 0.349. The first-order valence-corrected chi connectivity index (χ1v) is 10.6. The van der Waals surface area contributed by atoms with Crippen LogP contribution in [0.3, 0.4) is 0 Å². The topological polar surface area (TPSA) is 0 Å². The Morgan fingerprint density at radius 2 is 1.74 bits per heavy atom. The highest BCUT2D eigenvalue weighted by Crippen LogP contribution is 2.32. The lowest BCUT2D eigenvalue weighted by Gasteiger charge is -2.23. The van der Waals surface area contributed by atoms with Gasteiger partial charge in [0.05, 0.1) is 0 Å². The van der Waals surface area contributed by atoms with E-state index in [1.807, 2.05) is 11.8 Å². The lowest BCUT2D eigenvalue weighted by Crippen LogP contribution is -2.06. The van der Waals surface area contributed by atoms with Gasteiger partial charge >= 0.3 is 0 Å². The van der Waals surface area contributed by atoms with Crippen molar-refractivity contribution in [2.75, 3.05) is 23.5 Å². The number of unbranched alkanes of at least 4 members (excludes halogenated alkanes) is 1. The molecule has 0 aromatic rings. The Labute approximate surface area is 129 Å². The Balaban J connectivity index is 2.02. The Morgan fingerprint density at radius 1 is 1.00 bits per heavy atom. The molecule has 0 saturated carbocycles. The van der Waals surface area contributed by atoms with E-state index in [-0.39, 0.29) is 0 Å². The van der Waals surface area contributed by atoms with Gasteiger partial charge in [0.2, 0.25) is 0 Å². The first-order valence-electron chi connectivity index (χ1n) is 8.01. The number of allylic oxidation sites excluding steroid dienone is 2. The highest BCUT2D eigenvalue weighted by atomic mass is 32.2. The summed E-state index contributed by atoms with van der Waals surface area (Å²) >= 11 is 4.13. The fraction of sp³-hybridized carbons (Fsp3) is 0.882. The molecule has 1 atom stereocenters. The molecule has 0 radical (unpaired) electrons. The summed E-state index contributed by atoms with van der Waals surface area (Å²) in [5, 5.41) is 0. The largest absolute Gasteiger partial charge is 0.165 e. The summed E-state index contributed by atoms with van der Waals surface area (Å²) in [6.07, 6.45) is 13.5. The second-order valence-electron chi connectivity index (χ2n) is 5.87. The predicted octanol–water partition coefficient (Wildman–Crippen LogP) is 6.17. The van der Waals surface area contributed by atoms with E-state index in [1.165, 1.54) is 68.6 Å². The van der Waals surface area contributed by atoms with Crippen LogP contribution < -0.4 is 0 Å². The van der Waals surface area contributed by atoms with Gasteiger partial charge in [-0.1, -0.05) is 24.5 Å². The second kappa shape index (κ2) is 11.1. The highest BCUT2D eigenvalue weighted by molar-refractivity contribution is 7.99. The van der Waals surface area contributed by atoms with Gasteiger partial charge in [-0.05, 0) is 81.3 Å². The SMILES string of the molecule is CSCCCSCCCCC(C)C1=C(C)CCCC1. The summed E-state index contributed by atoms with van der Waals surface area (Å²) in [4.78, 5) is 0. The van der Waals surface area contributed by atoms with Crippen molar-refractivity contribution < 1.29 is 0 Å². The van der Waals surface area contributed by atoms with E-state index in [4.69, 9.17) is 0 Å². The molecular weight excluding hydrogens is 268 g/mol. The van der Waals surface area contributed by atoms with E-state index < -0.39 is 0 Å². The van der Waals surface area contributed by atoms with Crippen molar-refractivity contribution in [1.29, 1.82) is 0 Å². The number of hydrogen-bond acceptors (Lipinski definition) is 2. The molecule has 0 N–H and O–H groups in total. The van der Waals surface area contributed by atoms with Gasteiger partial charge in [-0.15, -0.1) is 0 Å². The molecule has 0 aromatic carbocycles. The fourth-order valence-corrected chi connectivity index (χ4v) is 4.56. The van der Waals surface area contributed by atoms with Gasteiger partial charge in [0, 0.05) is 0 Å². The van der Waals surface area contributed by atoms with Gasteiger partial charge in [0.15, 0.2) is 0 Å². The zero-order chi connectivity index (χ0) is 13.9. The zero-order valence-electron chi connectivity index (χ0n) is 13.2. The van der Waals surface area contributed by atoms with E-state index in [9.17, 15) is 0 Å². The lowest BCUT2D eigenvalue weighted by atomic mass is 9.83. The average molecular weight is 301 g/mol. The summed E-state index contributed by atoms with van der Waals surface area (Å²) < 4.78 is 0. The van der Waals surface area contributed by atoms with Crippen LogP contribution in [0.1, 0.15) is 65.2 Å². The predicted molar refractivity (Wildman–Crippen MR) is 94.5 cm³/mol. The molecule has 19 heavy (non-hydrogen) atoms. The van der Waals surface area contributed by atoms with Crippen molar-refractivity contribution in [3.05, 3.63) is 11.1 Å². The molecule has 0 nitrogen and oxygen atoms in total. The van der Waals surface area contributed by atoms with Crippen molar-refractivity contribution in [2.24, 2.45) is 5.92 Å². The van der Waals surface area contributed by atoms with Crippen molar-refractivity contribution in [1.82, 2.24) is 0 Å². The first kappa shape index (κ1) is 17.5. The van der Waals surface area contributed by atoms with E-state index in [2.05, 4.69) is 31.9 Å². The molecule has 0 amide bonds. The molecule has 0 spiro atoms. The molecule has 1 rings (SSSR count). The smallest absolute Gasteiger partial charge is 0.00597 e. The molecule has 112 valence electrons. The normalized spacial score (nSPS) is 17.8. The van der Waals surface area contributed by atoms with Crippen molar-refractivity contribution in [2.45, 2.75) is 65.2 Å². The van der Waals surface area contributed by atoms with E-state index in [0.29, 0.717) is 0 Å². The second-order valence-corrected chi connectivity index (χ2v) is 8.08. The van der Waals surface area contributed by atoms with Crippen LogP contribution in [0.15, 0.2) is 11.1 Å². The van der Waals surface area contributed by atoms with Crippen LogP contribution in [0.4, 0.5) is 0 Å². The van der Waals surface area contributed by atoms with Crippen molar-refractivity contribution in [3.63, 3.8) is 0 Å². The van der Waals surface area contributed by atoms with Gasteiger partial charge in [0.1, 0.15) is 0 Å². The van der Waals surface area contributed by atoms with Crippen LogP contribution in [0, 0.1) is 5.92 Å². The standard InChI is InChI=1S/C17H32S2/c1-15-9-4-5-11-17(15)16(2)10-6-7-13-19-14-8-12-18-3/h16H,4-14H2,1-3H3. The van der Waals surface area contributed by atoms with E-state index >= 15 is 0 Å². The van der Waals surface area contributed by atoms with Gasteiger partial charge in [-0.25, -0.2) is 0 Å². The molecule has 0 aromatic heterocycles. The zero-order valence-corrected chi connectivity index (χ0v) is 14.8. The molecule has 1 aliphatic rings. The van der Waals surface area contributed by atoms with Crippen LogP contribution >= 0.6 is 23.5 Å². The molecule has 0 fully saturated rings. The van der Waals surface area contributed by atoms with Crippen LogP contribution in [0.25, 0.3) is 0 Å². The van der Waals surface area contributed by atoms with Crippen LogP contribution in [0.5, 0.6) is 0 Å². The summed E-state index contributed by atoms with van der Waals surface area (Å²) in [6, 6.07) is 0. The van der Waals surface area contributed by atoms with Crippen molar-refractivity contribution in [3.8, 4) is 0 Å². The maximum Gasteiger partial charge on any atom is -0.00597 e. The Morgan fingerprint density at radius 3 is 2.47 bits per heavy atom. The van der Waals surface area contributed by atoms with Crippen LogP contribution in [-0.2, 0) is 0 Å². The maximum atomic E-state index is 2.45. The Hall–Kier alpha value is 0.440.